The molecule has 0 heterocycles. The van der Waals surface area contributed by atoms with Crippen LogP contribution >= 0.6 is 23.4 Å². The summed E-state index contributed by atoms with van der Waals surface area (Å²) in [6.45, 7) is 0. The van der Waals surface area contributed by atoms with E-state index in [1.807, 2.05) is 42.5 Å². The Morgan fingerprint density at radius 3 is 2.75 bits per heavy atom. The highest BCUT2D eigenvalue weighted by Crippen LogP contribution is 2.16. The summed E-state index contributed by atoms with van der Waals surface area (Å²) in [6.07, 6.45) is 1.57. The normalized spacial score (nSPS) is 10.7. The van der Waals surface area contributed by atoms with Gasteiger partial charge in [-0.1, -0.05) is 41.9 Å². The van der Waals surface area contributed by atoms with Crippen molar-refractivity contribution >= 4 is 35.5 Å². The van der Waals surface area contributed by atoms with Gasteiger partial charge in [0, 0.05) is 9.92 Å². The zero-order valence-electron chi connectivity index (χ0n) is 10.6. The van der Waals surface area contributed by atoms with Crippen LogP contribution in [0.15, 0.2) is 64.6 Å². The highest BCUT2D eigenvalue weighted by molar-refractivity contribution is 8.00. The molecule has 0 aromatic heterocycles. The van der Waals surface area contributed by atoms with Crippen LogP contribution in [0, 0.1) is 0 Å². The van der Waals surface area contributed by atoms with Crippen molar-refractivity contribution < 1.29 is 4.79 Å². The predicted molar refractivity (Wildman–Crippen MR) is 84.4 cm³/mol. The van der Waals surface area contributed by atoms with Gasteiger partial charge in [0.05, 0.1) is 12.0 Å². The van der Waals surface area contributed by atoms with E-state index in [9.17, 15) is 4.79 Å². The van der Waals surface area contributed by atoms with E-state index in [4.69, 9.17) is 11.6 Å². The van der Waals surface area contributed by atoms with E-state index in [-0.39, 0.29) is 5.91 Å². The number of carbonyl (C=O) groups is 1. The molecule has 1 amide bonds. The molecule has 2 aromatic carbocycles. The third-order valence-corrected chi connectivity index (χ3v) is 3.61. The summed E-state index contributed by atoms with van der Waals surface area (Å²) in [4.78, 5) is 12.7. The zero-order valence-corrected chi connectivity index (χ0v) is 12.2. The number of hydrogen-bond donors (Lipinski definition) is 1. The van der Waals surface area contributed by atoms with Gasteiger partial charge in [-0.25, -0.2) is 5.43 Å². The number of carbonyl (C=O) groups excluding carboxylic acids is 1. The van der Waals surface area contributed by atoms with Gasteiger partial charge in [0.1, 0.15) is 0 Å². The van der Waals surface area contributed by atoms with Gasteiger partial charge in [-0.3, -0.25) is 4.79 Å². The van der Waals surface area contributed by atoms with E-state index in [0.717, 1.165) is 10.5 Å². The van der Waals surface area contributed by atoms with Gasteiger partial charge in [0.15, 0.2) is 0 Å². The first-order chi connectivity index (χ1) is 9.74. The maximum absolute atomic E-state index is 11.6. The molecule has 1 N–H and O–H groups in total. The number of rotatable bonds is 5. The van der Waals surface area contributed by atoms with E-state index in [0.29, 0.717) is 10.8 Å². The molecule has 2 aromatic rings. The maximum atomic E-state index is 11.6. The Balaban J connectivity index is 1.78. The Hall–Kier alpha value is -1.78. The van der Waals surface area contributed by atoms with Crippen LogP contribution in [0.3, 0.4) is 0 Å². The van der Waals surface area contributed by atoms with Crippen LogP contribution in [0.25, 0.3) is 0 Å². The van der Waals surface area contributed by atoms with Crippen LogP contribution in [0.2, 0.25) is 5.02 Å². The summed E-state index contributed by atoms with van der Waals surface area (Å²) in [7, 11) is 0. The molecule has 102 valence electrons. The van der Waals surface area contributed by atoms with Gasteiger partial charge in [-0.05, 0) is 29.8 Å². The molecule has 0 saturated heterocycles. The van der Waals surface area contributed by atoms with Crippen LogP contribution in [0.4, 0.5) is 0 Å². The minimum absolute atomic E-state index is 0.142. The first-order valence-corrected chi connectivity index (χ1v) is 7.36. The minimum atomic E-state index is -0.142. The first-order valence-electron chi connectivity index (χ1n) is 5.99. The largest absolute Gasteiger partial charge is 0.272 e. The topological polar surface area (TPSA) is 41.5 Å². The molecule has 0 fully saturated rings. The van der Waals surface area contributed by atoms with Crippen molar-refractivity contribution in [3.63, 3.8) is 0 Å². The molecule has 0 aliphatic carbocycles. The Labute approximate surface area is 127 Å². The minimum Gasteiger partial charge on any atom is -0.272 e. The predicted octanol–water partition coefficient (Wildman–Crippen LogP) is 3.58. The van der Waals surface area contributed by atoms with Gasteiger partial charge < -0.3 is 0 Å². The molecule has 0 radical (unpaired) electrons. The van der Waals surface area contributed by atoms with Crippen LogP contribution in [0.5, 0.6) is 0 Å². The molecule has 0 atom stereocenters. The highest BCUT2D eigenvalue weighted by Gasteiger charge is 2.00. The second-order valence-electron chi connectivity index (χ2n) is 3.95. The fourth-order valence-corrected chi connectivity index (χ4v) is 2.37. The van der Waals surface area contributed by atoms with Crippen LogP contribution in [0.1, 0.15) is 5.56 Å². The van der Waals surface area contributed by atoms with Crippen molar-refractivity contribution in [2.75, 3.05) is 5.75 Å². The monoisotopic (exact) mass is 304 g/mol. The Kier molecular flexibility index (Phi) is 5.65. The number of hydrogen-bond acceptors (Lipinski definition) is 3. The summed E-state index contributed by atoms with van der Waals surface area (Å²) >= 11 is 7.32. The Morgan fingerprint density at radius 1 is 1.20 bits per heavy atom. The number of nitrogens with one attached hydrogen (secondary N) is 1. The van der Waals surface area contributed by atoms with Crippen LogP contribution < -0.4 is 5.43 Å². The average molecular weight is 305 g/mol. The van der Waals surface area contributed by atoms with Gasteiger partial charge in [-0.15, -0.1) is 11.8 Å². The molecule has 5 heteroatoms. The Bertz CT molecular complexity index is 602. The maximum Gasteiger partial charge on any atom is 0.250 e. The zero-order chi connectivity index (χ0) is 14.2. The van der Waals surface area contributed by atoms with Crippen molar-refractivity contribution in [3.05, 3.63) is 65.2 Å². The summed E-state index contributed by atoms with van der Waals surface area (Å²) in [5.41, 5.74) is 3.33. The third-order valence-electron chi connectivity index (χ3n) is 2.36. The lowest BCUT2D eigenvalue weighted by atomic mass is 10.2. The molecule has 0 aliphatic heterocycles. The second kappa shape index (κ2) is 7.72. The molecule has 0 aliphatic rings. The fourth-order valence-electron chi connectivity index (χ4n) is 1.46. The van der Waals surface area contributed by atoms with Crippen molar-refractivity contribution in [1.82, 2.24) is 5.43 Å². The second-order valence-corrected chi connectivity index (χ2v) is 5.44. The van der Waals surface area contributed by atoms with E-state index in [1.165, 1.54) is 11.8 Å². The van der Waals surface area contributed by atoms with Gasteiger partial charge in [0.25, 0.3) is 0 Å². The van der Waals surface area contributed by atoms with Crippen molar-refractivity contribution in [2.24, 2.45) is 5.10 Å². The van der Waals surface area contributed by atoms with E-state index in [1.54, 1.807) is 18.3 Å². The molecule has 3 nitrogen and oxygen atoms in total. The van der Waals surface area contributed by atoms with E-state index in [2.05, 4.69) is 10.5 Å². The van der Waals surface area contributed by atoms with Gasteiger partial charge in [0.2, 0.25) is 5.91 Å². The number of hydrazone groups is 1. The molecule has 0 unspecified atom stereocenters. The number of amides is 1. The van der Waals surface area contributed by atoms with Crippen molar-refractivity contribution in [2.45, 2.75) is 4.90 Å². The molecule has 0 bridgehead atoms. The molecule has 2 rings (SSSR count). The Morgan fingerprint density at radius 2 is 2.00 bits per heavy atom. The third kappa shape index (κ3) is 5.07. The first kappa shape index (κ1) is 14.6. The fraction of sp³-hybridized carbons (Fsp3) is 0.0667. The van der Waals surface area contributed by atoms with Gasteiger partial charge >= 0.3 is 0 Å². The number of benzene rings is 2. The summed E-state index contributed by atoms with van der Waals surface area (Å²) in [6, 6.07) is 17.0. The van der Waals surface area contributed by atoms with Crippen LogP contribution in [-0.4, -0.2) is 17.9 Å². The molecular weight excluding hydrogens is 292 g/mol. The van der Waals surface area contributed by atoms with E-state index < -0.39 is 0 Å². The molecular formula is C15H13ClN2OS. The highest BCUT2D eigenvalue weighted by atomic mass is 35.5. The molecule has 20 heavy (non-hydrogen) atoms. The quantitative estimate of drug-likeness (QED) is 0.521. The van der Waals surface area contributed by atoms with E-state index >= 15 is 0 Å². The van der Waals surface area contributed by atoms with Crippen LogP contribution in [-0.2, 0) is 4.79 Å². The lowest BCUT2D eigenvalue weighted by Gasteiger charge is -2.00. The lowest BCUT2D eigenvalue weighted by Crippen LogP contribution is -2.19. The summed E-state index contributed by atoms with van der Waals surface area (Å²) < 4.78 is 0. The number of nitrogens with zero attached hydrogens (tertiary/aromatic N) is 1. The number of halogens is 1. The summed E-state index contributed by atoms with van der Waals surface area (Å²) in [5.74, 6) is 0.189. The summed E-state index contributed by atoms with van der Waals surface area (Å²) in [5, 5.41) is 4.54. The van der Waals surface area contributed by atoms with Crippen molar-refractivity contribution in [3.8, 4) is 0 Å². The smallest absolute Gasteiger partial charge is 0.250 e. The molecule has 0 spiro atoms. The molecule has 0 saturated carbocycles. The average Bonchev–Trinajstić information content (AvgIpc) is 2.46. The van der Waals surface area contributed by atoms with Crippen molar-refractivity contribution in [1.29, 1.82) is 0 Å². The standard InChI is InChI=1S/C15H13ClN2OS/c16-13-6-4-5-12(9-13)10-17-18-15(19)11-20-14-7-2-1-3-8-14/h1-10H,11H2,(H,18,19). The number of thioether (sulfide) groups is 1. The van der Waals surface area contributed by atoms with Gasteiger partial charge in [-0.2, -0.15) is 5.10 Å². The lowest BCUT2D eigenvalue weighted by molar-refractivity contribution is -0.118. The SMILES string of the molecule is O=C(CSc1ccccc1)NN=Cc1cccc(Cl)c1.